The first-order chi connectivity index (χ1) is 10.5. The van der Waals surface area contributed by atoms with Crippen LogP contribution in [0.3, 0.4) is 0 Å². The Labute approximate surface area is 131 Å². The molecule has 0 bridgehead atoms. The van der Waals surface area contributed by atoms with E-state index in [2.05, 4.69) is 13.8 Å². The quantitative estimate of drug-likeness (QED) is 0.930. The van der Waals surface area contributed by atoms with Crippen molar-refractivity contribution in [2.45, 2.75) is 32.6 Å². The van der Waals surface area contributed by atoms with Gasteiger partial charge < -0.3 is 10.0 Å². The van der Waals surface area contributed by atoms with Crippen molar-refractivity contribution in [2.75, 3.05) is 13.1 Å². The Balaban J connectivity index is 1.77. The van der Waals surface area contributed by atoms with Crippen LogP contribution in [0.5, 0.6) is 0 Å². The molecule has 4 nitrogen and oxygen atoms in total. The molecule has 22 heavy (non-hydrogen) atoms. The van der Waals surface area contributed by atoms with Crippen LogP contribution in [0.4, 0.5) is 0 Å². The van der Waals surface area contributed by atoms with Crippen LogP contribution >= 0.6 is 0 Å². The monoisotopic (exact) mass is 301 g/mol. The van der Waals surface area contributed by atoms with Crippen molar-refractivity contribution in [2.24, 2.45) is 17.3 Å². The maximum atomic E-state index is 12.7. The molecule has 0 aromatic heterocycles. The van der Waals surface area contributed by atoms with Gasteiger partial charge in [0.1, 0.15) is 0 Å². The highest BCUT2D eigenvalue weighted by Gasteiger charge is 2.55. The lowest BCUT2D eigenvalue weighted by molar-refractivity contribution is -0.142. The van der Waals surface area contributed by atoms with Gasteiger partial charge in [0, 0.05) is 24.9 Å². The van der Waals surface area contributed by atoms with Crippen LogP contribution < -0.4 is 0 Å². The zero-order valence-corrected chi connectivity index (χ0v) is 13.2. The lowest BCUT2D eigenvalue weighted by atomic mass is 9.89. The lowest BCUT2D eigenvalue weighted by Crippen LogP contribution is -2.32. The lowest BCUT2D eigenvalue weighted by Gasteiger charge is -2.18. The van der Waals surface area contributed by atoms with Gasteiger partial charge in [-0.2, -0.15) is 0 Å². The van der Waals surface area contributed by atoms with Crippen molar-refractivity contribution in [1.82, 2.24) is 4.90 Å². The molecule has 0 radical (unpaired) electrons. The third-order valence-corrected chi connectivity index (χ3v) is 5.63. The highest BCUT2D eigenvalue weighted by molar-refractivity contribution is 5.84. The van der Waals surface area contributed by atoms with Gasteiger partial charge in [-0.15, -0.1) is 0 Å². The molecule has 3 rings (SSSR count). The Hall–Kier alpha value is -1.84. The standard InChI is InChI=1S/C18H23NO3/c1-3-18(2)9-15(18)16(20)19-10-13(14(11-19)17(21)22)12-7-5-4-6-8-12/h4-8,13-15H,3,9-11H2,1-2H3,(H,21,22). The molecule has 1 aliphatic heterocycles. The minimum Gasteiger partial charge on any atom is -0.481 e. The molecule has 1 aromatic carbocycles. The second-order valence-corrected chi connectivity index (χ2v) is 6.97. The highest BCUT2D eigenvalue weighted by Crippen LogP contribution is 2.56. The maximum Gasteiger partial charge on any atom is 0.308 e. The Morgan fingerprint density at radius 1 is 1.27 bits per heavy atom. The molecule has 4 unspecified atom stereocenters. The SMILES string of the molecule is CCC1(C)CC1C(=O)N1CC(C(=O)O)C(c2ccccc2)C1. The molecule has 2 fully saturated rings. The number of amides is 1. The van der Waals surface area contributed by atoms with E-state index in [1.165, 1.54) is 0 Å². The molecule has 2 aliphatic rings. The third kappa shape index (κ3) is 2.51. The van der Waals surface area contributed by atoms with Crippen molar-refractivity contribution < 1.29 is 14.7 Å². The number of carboxylic acids is 1. The fraction of sp³-hybridized carbons (Fsp3) is 0.556. The Morgan fingerprint density at radius 2 is 1.95 bits per heavy atom. The fourth-order valence-electron chi connectivity index (χ4n) is 3.68. The molecule has 4 heteroatoms. The van der Waals surface area contributed by atoms with Crippen LogP contribution in [0.15, 0.2) is 30.3 Å². The van der Waals surface area contributed by atoms with Gasteiger partial charge in [-0.05, 0) is 23.8 Å². The van der Waals surface area contributed by atoms with E-state index in [0.29, 0.717) is 13.1 Å². The summed E-state index contributed by atoms with van der Waals surface area (Å²) in [7, 11) is 0. The van der Waals surface area contributed by atoms with Crippen LogP contribution in [0.1, 0.15) is 38.2 Å². The Bertz CT molecular complexity index is 585. The summed E-state index contributed by atoms with van der Waals surface area (Å²) in [6.07, 6.45) is 1.94. The van der Waals surface area contributed by atoms with Crippen molar-refractivity contribution in [3.63, 3.8) is 0 Å². The summed E-state index contributed by atoms with van der Waals surface area (Å²) in [6.45, 7) is 5.12. The van der Waals surface area contributed by atoms with E-state index in [1.807, 2.05) is 30.3 Å². The second-order valence-electron chi connectivity index (χ2n) is 6.97. The van der Waals surface area contributed by atoms with Crippen LogP contribution in [-0.2, 0) is 9.59 Å². The van der Waals surface area contributed by atoms with E-state index < -0.39 is 11.9 Å². The van der Waals surface area contributed by atoms with Gasteiger partial charge in [-0.3, -0.25) is 9.59 Å². The van der Waals surface area contributed by atoms with Gasteiger partial charge in [0.15, 0.2) is 0 Å². The van der Waals surface area contributed by atoms with Crippen LogP contribution in [-0.4, -0.2) is 35.0 Å². The van der Waals surface area contributed by atoms with E-state index >= 15 is 0 Å². The summed E-state index contributed by atoms with van der Waals surface area (Å²) in [6, 6.07) is 9.69. The fourth-order valence-corrected chi connectivity index (χ4v) is 3.68. The molecule has 118 valence electrons. The second kappa shape index (κ2) is 5.41. The van der Waals surface area contributed by atoms with E-state index in [0.717, 1.165) is 18.4 Å². The Morgan fingerprint density at radius 3 is 2.50 bits per heavy atom. The van der Waals surface area contributed by atoms with Crippen molar-refractivity contribution in [3.05, 3.63) is 35.9 Å². The van der Waals surface area contributed by atoms with Gasteiger partial charge in [0.2, 0.25) is 5.91 Å². The summed E-state index contributed by atoms with van der Waals surface area (Å²) < 4.78 is 0. The largest absolute Gasteiger partial charge is 0.481 e. The first-order valence-corrected chi connectivity index (χ1v) is 8.03. The minimum atomic E-state index is -0.807. The number of carbonyl (C=O) groups excluding carboxylic acids is 1. The summed E-state index contributed by atoms with van der Waals surface area (Å²) in [5, 5.41) is 9.51. The molecule has 1 saturated carbocycles. The normalized spacial score (nSPS) is 33.7. The molecule has 1 N–H and O–H groups in total. The van der Waals surface area contributed by atoms with Crippen LogP contribution in [0.25, 0.3) is 0 Å². The maximum absolute atomic E-state index is 12.7. The van der Waals surface area contributed by atoms with E-state index in [-0.39, 0.29) is 23.2 Å². The number of carboxylic acid groups (broad SMARTS) is 1. The zero-order valence-electron chi connectivity index (χ0n) is 13.2. The van der Waals surface area contributed by atoms with Gasteiger partial charge in [-0.25, -0.2) is 0 Å². The first kappa shape index (κ1) is 15.1. The average Bonchev–Trinajstić information content (AvgIpc) is 3.01. The number of hydrogen-bond acceptors (Lipinski definition) is 2. The number of likely N-dealkylation sites (tertiary alicyclic amines) is 1. The molecule has 4 atom stereocenters. The number of rotatable bonds is 4. The number of hydrogen-bond donors (Lipinski definition) is 1. The molecule has 1 aliphatic carbocycles. The highest BCUT2D eigenvalue weighted by atomic mass is 16.4. The van der Waals surface area contributed by atoms with E-state index in [1.54, 1.807) is 4.90 Å². The number of carbonyl (C=O) groups is 2. The van der Waals surface area contributed by atoms with Crippen LogP contribution in [0.2, 0.25) is 0 Å². The molecule has 1 saturated heterocycles. The molecular weight excluding hydrogens is 278 g/mol. The van der Waals surface area contributed by atoms with Crippen molar-refractivity contribution >= 4 is 11.9 Å². The van der Waals surface area contributed by atoms with Gasteiger partial charge in [0.25, 0.3) is 0 Å². The molecule has 1 amide bonds. The van der Waals surface area contributed by atoms with Gasteiger partial charge in [-0.1, -0.05) is 44.2 Å². The first-order valence-electron chi connectivity index (χ1n) is 8.03. The third-order valence-electron chi connectivity index (χ3n) is 5.63. The molecule has 1 aromatic rings. The van der Waals surface area contributed by atoms with Gasteiger partial charge in [0.05, 0.1) is 5.92 Å². The molecule has 0 spiro atoms. The predicted octanol–water partition coefficient (Wildman–Crippen LogP) is 2.75. The summed E-state index contributed by atoms with van der Waals surface area (Å²) in [5.41, 5.74) is 1.14. The number of benzene rings is 1. The smallest absolute Gasteiger partial charge is 0.308 e. The van der Waals surface area contributed by atoms with E-state index in [9.17, 15) is 14.7 Å². The minimum absolute atomic E-state index is 0.0847. The van der Waals surface area contributed by atoms with Gasteiger partial charge >= 0.3 is 5.97 Å². The van der Waals surface area contributed by atoms with Crippen LogP contribution in [0, 0.1) is 17.3 Å². The molecule has 1 heterocycles. The summed E-state index contributed by atoms with van der Waals surface area (Å²) in [4.78, 5) is 26.0. The van der Waals surface area contributed by atoms with Crippen molar-refractivity contribution in [3.8, 4) is 0 Å². The number of aliphatic carboxylic acids is 1. The average molecular weight is 301 g/mol. The molecular formula is C18H23NO3. The predicted molar refractivity (Wildman–Crippen MR) is 83.4 cm³/mol. The zero-order chi connectivity index (χ0) is 15.9. The summed E-state index contributed by atoms with van der Waals surface area (Å²) >= 11 is 0. The Kier molecular flexibility index (Phi) is 3.71. The number of nitrogens with zero attached hydrogens (tertiary/aromatic N) is 1. The van der Waals surface area contributed by atoms with Crippen molar-refractivity contribution in [1.29, 1.82) is 0 Å². The topological polar surface area (TPSA) is 57.6 Å². The van der Waals surface area contributed by atoms with E-state index in [4.69, 9.17) is 0 Å². The summed E-state index contributed by atoms with van der Waals surface area (Å²) in [5.74, 6) is -1.18.